The summed E-state index contributed by atoms with van der Waals surface area (Å²) in [5.74, 6) is 2.43. The SMILES string of the molecule is COc1ccc2c(N3CC4(CC(N(C)S(N)(=O)=O)C4)C3)nc(C)nc2c1. The first-order valence-electron chi connectivity index (χ1n) is 8.54. The fraction of sp³-hybridized carbons (Fsp3) is 0.529. The molecule has 2 N–H and O–H groups in total. The van der Waals surface area contributed by atoms with Crippen LogP contribution in [0.15, 0.2) is 18.2 Å². The molecule has 26 heavy (non-hydrogen) atoms. The lowest BCUT2D eigenvalue weighted by Crippen LogP contribution is -2.67. The van der Waals surface area contributed by atoms with Gasteiger partial charge in [-0.3, -0.25) is 0 Å². The van der Waals surface area contributed by atoms with Crippen molar-refractivity contribution in [3.05, 3.63) is 24.0 Å². The Morgan fingerprint density at radius 3 is 2.62 bits per heavy atom. The summed E-state index contributed by atoms with van der Waals surface area (Å²) in [4.78, 5) is 11.4. The van der Waals surface area contributed by atoms with E-state index in [1.54, 1.807) is 14.2 Å². The maximum Gasteiger partial charge on any atom is 0.276 e. The molecular formula is C17H23N5O3S. The molecule has 1 aromatic carbocycles. The van der Waals surface area contributed by atoms with Crippen LogP contribution >= 0.6 is 0 Å². The smallest absolute Gasteiger partial charge is 0.276 e. The number of nitrogens with two attached hydrogens (primary N) is 1. The highest BCUT2D eigenvalue weighted by Gasteiger charge is 2.55. The number of benzene rings is 1. The van der Waals surface area contributed by atoms with Crippen molar-refractivity contribution in [2.75, 3.05) is 32.1 Å². The van der Waals surface area contributed by atoms with Crippen LogP contribution in [0.5, 0.6) is 5.75 Å². The van der Waals surface area contributed by atoms with E-state index in [1.807, 2.05) is 25.1 Å². The van der Waals surface area contributed by atoms with E-state index < -0.39 is 10.2 Å². The van der Waals surface area contributed by atoms with Gasteiger partial charge in [0.1, 0.15) is 17.4 Å². The standard InChI is InChI=1S/C17H23N5O3S/c1-11-19-15-6-13(25-3)4-5-14(15)16(20-11)22-9-17(10-22)7-12(8-17)21(2)26(18,23)24/h4-6,12H,7-10H2,1-3H3,(H2,18,23,24). The summed E-state index contributed by atoms with van der Waals surface area (Å²) in [6, 6.07) is 5.83. The zero-order valence-corrected chi connectivity index (χ0v) is 16.0. The molecule has 2 fully saturated rings. The van der Waals surface area contributed by atoms with Crippen LogP contribution in [0.3, 0.4) is 0 Å². The first kappa shape index (κ1) is 17.4. The van der Waals surface area contributed by atoms with Gasteiger partial charge in [-0.1, -0.05) is 0 Å². The fourth-order valence-corrected chi connectivity index (χ4v) is 4.71. The number of anilines is 1. The molecule has 0 atom stereocenters. The summed E-state index contributed by atoms with van der Waals surface area (Å²) < 4.78 is 29.5. The topological polar surface area (TPSA) is 102 Å². The van der Waals surface area contributed by atoms with Crippen LogP contribution in [0.2, 0.25) is 0 Å². The largest absolute Gasteiger partial charge is 0.497 e. The van der Waals surface area contributed by atoms with Crippen LogP contribution in [0.25, 0.3) is 10.9 Å². The summed E-state index contributed by atoms with van der Waals surface area (Å²) in [7, 11) is -0.423. The molecule has 1 aliphatic carbocycles. The van der Waals surface area contributed by atoms with E-state index in [9.17, 15) is 8.42 Å². The van der Waals surface area contributed by atoms with Gasteiger partial charge in [0.15, 0.2) is 0 Å². The Morgan fingerprint density at radius 1 is 1.31 bits per heavy atom. The molecule has 2 heterocycles. The molecule has 1 saturated carbocycles. The Balaban J connectivity index is 1.52. The minimum Gasteiger partial charge on any atom is -0.497 e. The molecule has 9 heteroatoms. The number of nitrogens with zero attached hydrogens (tertiary/aromatic N) is 4. The monoisotopic (exact) mass is 377 g/mol. The second-order valence-electron chi connectivity index (χ2n) is 7.46. The van der Waals surface area contributed by atoms with Crippen molar-refractivity contribution < 1.29 is 13.2 Å². The number of hydrogen-bond acceptors (Lipinski definition) is 6. The molecule has 4 rings (SSSR count). The van der Waals surface area contributed by atoms with Gasteiger partial charge in [0, 0.05) is 43.0 Å². The number of ether oxygens (including phenoxy) is 1. The van der Waals surface area contributed by atoms with E-state index >= 15 is 0 Å². The maximum absolute atomic E-state index is 11.5. The zero-order valence-electron chi connectivity index (χ0n) is 15.1. The fourth-order valence-electron chi connectivity index (χ4n) is 4.15. The predicted octanol–water partition coefficient (Wildman–Crippen LogP) is 1.05. The van der Waals surface area contributed by atoms with Gasteiger partial charge in [0.25, 0.3) is 10.2 Å². The average Bonchev–Trinajstić information content (AvgIpc) is 2.50. The van der Waals surface area contributed by atoms with E-state index in [0.29, 0.717) is 0 Å². The van der Waals surface area contributed by atoms with Gasteiger partial charge >= 0.3 is 0 Å². The number of methoxy groups -OCH3 is 1. The molecule has 2 aromatic rings. The second-order valence-corrected chi connectivity index (χ2v) is 9.06. The van der Waals surface area contributed by atoms with E-state index in [2.05, 4.69) is 14.9 Å². The Morgan fingerprint density at radius 2 is 2.00 bits per heavy atom. The first-order chi connectivity index (χ1) is 12.2. The van der Waals surface area contributed by atoms with Crippen molar-refractivity contribution in [2.45, 2.75) is 25.8 Å². The summed E-state index contributed by atoms with van der Waals surface area (Å²) >= 11 is 0. The molecule has 1 saturated heterocycles. The summed E-state index contributed by atoms with van der Waals surface area (Å²) in [5.41, 5.74) is 1.04. The van der Waals surface area contributed by atoms with E-state index in [4.69, 9.17) is 9.88 Å². The Hall–Kier alpha value is -1.97. The lowest BCUT2D eigenvalue weighted by molar-refractivity contribution is 0.0207. The van der Waals surface area contributed by atoms with Gasteiger partial charge in [-0.2, -0.15) is 12.7 Å². The number of aryl methyl sites for hydroxylation is 1. The van der Waals surface area contributed by atoms with E-state index in [0.717, 1.165) is 54.2 Å². The van der Waals surface area contributed by atoms with E-state index in [1.165, 1.54) is 4.31 Å². The summed E-state index contributed by atoms with van der Waals surface area (Å²) in [5, 5.41) is 6.22. The predicted molar refractivity (Wildman–Crippen MR) is 99.4 cm³/mol. The van der Waals surface area contributed by atoms with Crippen LogP contribution in [-0.2, 0) is 10.2 Å². The Labute approximate surface area is 153 Å². The van der Waals surface area contributed by atoms with Crippen molar-refractivity contribution in [2.24, 2.45) is 10.6 Å². The Kier molecular flexibility index (Phi) is 3.87. The van der Waals surface area contributed by atoms with Gasteiger partial charge in [-0.05, 0) is 31.9 Å². The zero-order chi connectivity index (χ0) is 18.7. The van der Waals surface area contributed by atoms with Crippen LogP contribution in [0.1, 0.15) is 18.7 Å². The number of fused-ring (bicyclic) bond motifs is 1. The quantitative estimate of drug-likeness (QED) is 0.855. The molecule has 1 aliphatic heterocycles. The minimum absolute atomic E-state index is 0.000269. The highest BCUT2D eigenvalue weighted by molar-refractivity contribution is 7.86. The highest BCUT2D eigenvalue weighted by Crippen LogP contribution is 2.51. The molecule has 140 valence electrons. The van der Waals surface area contributed by atoms with Gasteiger partial charge in [-0.15, -0.1) is 0 Å². The van der Waals surface area contributed by atoms with Gasteiger partial charge < -0.3 is 9.64 Å². The molecular weight excluding hydrogens is 354 g/mol. The normalized spacial score (nSPS) is 19.7. The van der Waals surface area contributed by atoms with Crippen molar-refractivity contribution in [3.8, 4) is 5.75 Å². The number of hydrogen-bond donors (Lipinski definition) is 1. The van der Waals surface area contributed by atoms with Gasteiger partial charge in [0.05, 0.1) is 12.6 Å². The third-order valence-corrected chi connectivity index (χ3v) is 6.70. The van der Waals surface area contributed by atoms with Crippen LogP contribution in [0, 0.1) is 12.3 Å². The molecule has 0 radical (unpaired) electrons. The second kappa shape index (κ2) is 5.77. The van der Waals surface area contributed by atoms with Gasteiger partial charge in [-0.25, -0.2) is 15.1 Å². The summed E-state index contributed by atoms with van der Waals surface area (Å²) in [6.07, 6.45) is 1.68. The number of aromatic nitrogens is 2. The van der Waals surface area contributed by atoms with Crippen molar-refractivity contribution in [3.63, 3.8) is 0 Å². The maximum atomic E-state index is 11.5. The highest BCUT2D eigenvalue weighted by atomic mass is 32.2. The third kappa shape index (κ3) is 2.80. The Bertz CT molecular complexity index is 964. The van der Waals surface area contributed by atoms with Gasteiger partial charge in [0.2, 0.25) is 0 Å². The minimum atomic E-state index is -3.62. The van der Waals surface area contributed by atoms with Crippen LogP contribution in [0.4, 0.5) is 5.82 Å². The first-order valence-corrected chi connectivity index (χ1v) is 10.0. The molecule has 2 aliphatic rings. The molecule has 0 unspecified atom stereocenters. The molecule has 0 amide bonds. The average molecular weight is 377 g/mol. The van der Waals surface area contributed by atoms with E-state index in [-0.39, 0.29) is 11.5 Å². The van der Waals surface area contributed by atoms with Crippen molar-refractivity contribution in [1.29, 1.82) is 0 Å². The lowest BCUT2D eigenvalue weighted by atomic mass is 9.60. The summed E-state index contributed by atoms with van der Waals surface area (Å²) in [6.45, 7) is 3.64. The van der Waals surface area contributed by atoms with Crippen molar-refractivity contribution in [1.82, 2.24) is 14.3 Å². The van der Waals surface area contributed by atoms with Crippen LogP contribution in [-0.4, -0.2) is 56.0 Å². The molecule has 1 spiro atoms. The molecule has 0 bridgehead atoms. The molecule has 1 aromatic heterocycles. The van der Waals surface area contributed by atoms with Crippen LogP contribution < -0.4 is 14.8 Å². The van der Waals surface area contributed by atoms with Crippen molar-refractivity contribution >= 4 is 26.9 Å². The molecule has 8 nitrogen and oxygen atoms in total. The lowest BCUT2D eigenvalue weighted by Gasteiger charge is -2.60. The third-order valence-electron chi connectivity index (χ3n) is 5.60. The number of rotatable bonds is 4.